The fraction of sp³-hybridized carbons (Fsp3) is 0. The zero-order chi connectivity index (χ0) is 38.1. The van der Waals surface area contributed by atoms with Crippen molar-refractivity contribution >= 4 is 21.9 Å². The monoisotopic (exact) mass is 728 g/mol. The van der Waals surface area contributed by atoms with E-state index in [1.165, 1.54) is 11.1 Å². The summed E-state index contributed by atoms with van der Waals surface area (Å²) >= 11 is 0. The molecule has 10 aromatic rings. The minimum absolute atomic E-state index is 0.537. The highest BCUT2D eigenvalue weighted by molar-refractivity contribution is 6.13. The summed E-state index contributed by atoms with van der Waals surface area (Å²) in [5, 5.41) is 11.9. The Bertz CT molecular complexity index is 3140. The van der Waals surface area contributed by atoms with E-state index in [2.05, 4.69) is 103 Å². The van der Waals surface area contributed by atoms with Crippen molar-refractivity contribution in [2.75, 3.05) is 0 Å². The largest absolute Gasteiger partial charge is 0.456 e. The highest BCUT2D eigenvalue weighted by Gasteiger charge is 2.18. The van der Waals surface area contributed by atoms with Crippen LogP contribution in [0.1, 0.15) is 5.56 Å². The van der Waals surface area contributed by atoms with Crippen molar-refractivity contribution in [1.29, 1.82) is 5.26 Å². The van der Waals surface area contributed by atoms with Crippen LogP contribution in [0.4, 0.5) is 0 Å². The number of hydrogen-bond donors (Lipinski definition) is 0. The molecule has 0 aliphatic heterocycles. The summed E-state index contributed by atoms with van der Waals surface area (Å²) in [5.74, 6) is 1.64. The van der Waals surface area contributed by atoms with E-state index in [9.17, 15) is 5.26 Å². The summed E-state index contributed by atoms with van der Waals surface area (Å²) in [6, 6.07) is 68.2. The molecule has 0 unspecified atom stereocenters. The van der Waals surface area contributed by atoms with Gasteiger partial charge in [0.15, 0.2) is 17.5 Å². The lowest BCUT2D eigenvalue weighted by atomic mass is 9.94. The fourth-order valence-corrected chi connectivity index (χ4v) is 7.59. The van der Waals surface area contributed by atoms with Crippen molar-refractivity contribution in [3.05, 3.63) is 200 Å². The Kier molecular flexibility index (Phi) is 8.48. The number of nitriles is 1. The number of rotatable bonds is 7. The molecule has 5 heteroatoms. The minimum atomic E-state index is 0.537. The first kappa shape index (κ1) is 33.6. The third kappa shape index (κ3) is 6.42. The van der Waals surface area contributed by atoms with Crippen LogP contribution in [0.25, 0.3) is 101 Å². The van der Waals surface area contributed by atoms with E-state index in [-0.39, 0.29) is 0 Å². The molecule has 0 bridgehead atoms. The molecule has 0 fully saturated rings. The van der Waals surface area contributed by atoms with Crippen LogP contribution in [0.5, 0.6) is 0 Å². The van der Waals surface area contributed by atoms with E-state index in [1.807, 2.05) is 97.1 Å². The number of fused-ring (bicyclic) bond motifs is 3. The van der Waals surface area contributed by atoms with E-state index in [0.29, 0.717) is 23.0 Å². The molecule has 57 heavy (non-hydrogen) atoms. The zero-order valence-electron chi connectivity index (χ0n) is 30.7. The molecular formula is C52H32N4O. The van der Waals surface area contributed by atoms with Gasteiger partial charge in [-0.3, -0.25) is 0 Å². The molecule has 0 amide bonds. The second-order valence-corrected chi connectivity index (χ2v) is 13.9. The van der Waals surface area contributed by atoms with Crippen molar-refractivity contribution in [3.63, 3.8) is 0 Å². The van der Waals surface area contributed by atoms with E-state index in [1.54, 1.807) is 0 Å². The molecule has 10 rings (SSSR count). The average molecular weight is 729 g/mol. The van der Waals surface area contributed by atoms with Crippen molar-refractivity contribution < 1.29 is 4.42 Å². The van der Waals surface area contributed by atoms with E-state index in [0.717, 1.165) is 72.0 Å². The van der Waals surface area contributed by atoms with Gasteiger partial charge in [0.05, 0.1) is 11.6 Å². The molecule has 0 radical (unpaired) electrons. The Morgan fingerprint density at radius 1 is 0.351 bits per heavy atom. The van der Waals surface area contributed by atoms with Crippen LogP contribution < -0.4 is 0 Å². The van der Waals surface area contributed by atoms with Gasteiger partial charge in [-0.1, -0.05) is 152 Å². The molecular weight excluding hydrogens is 697 g/mol. The van der Waals surface area contributed by atoms with Crippen LogP contribution in [0.3, 0.4) is 0 Å². The van der Waals surface area contributed by atoms with Gasteiger partial charge in [-0.15, -0.1) is 0 Å². The summed E-state index contributed by atoms with van der Waals surface area (Å²) in [6.45, 7) is 0. The maximum Gasteiger partial charge on any atom is 0.164 e. The summed E-state index contributed by atoms with van der Waals surface area (Å²) in [5.41, 5.74) is 13.4. The molecule has 2 aromatic heterocycles. The average Bonchev–Trinajstić information content (AvgIpc) is 3.68. The quantitative estimate of drug-likeness (QED) is 0.163. The predicted molar refractivity (Wildman–Crippen MR) is 230 cm³/mol. The third-order valence-electron chi connectivity index (χ3n) is 10.4. The van der Waals surface area contributed by atoms with Crippen molar-refractivity contribution in [2.45, 2.75) is 0 Å². The van der Waals surface area contributed by atoms with Crippen LogP contribution in [0, 0.1) is 11.3 Å². The molecule has 0 aliphatic rings. The van der Waals surface area contributed by atoms with E-state index in [4.69, 9.17) is 19.4 Å². The minimum Gasteiger partial charge on any atom is -0.456 e. The number of nitrogens with zero attached hydrogens (tertiary/aromatic N) is 4. The van der Waals surface area contributed by atoms with Gasteiger partial charge in [-0.05, 0) is 87.0 Å². The topological polar surface area (TPSA) is 75.6 Å². The molecule has 8 aromatic carbocycles. The van der Waals surface area contributed by atoms with E-state index >= 15 is 0 Å². The Balaban J connectivity index is 1.06. The number of benzene rings is 8. The smallest absolute Gasteiger partial charge is 0.164 e. The highest BCUT2D eigenvalue weighted by Crippen LogP contribution is 2.40. The SMILES string of the molecule is N#Cc1ccccc1-c1cccc(-c2nc(-c3ccccc3)nc(-c3ccc4c(c3)oc3cccc(-c5cccc(-c6cccc(-c7ccccc7)c6)c5)c34)n2)c1. The first-order valence-electron chi connectivity index (χ1n) is 18.8. The molecule has 0 N–H and O–H groups in total. The van der Waals surface area contributed by atoms with Gasteiger partial charge in [0.25, 0.3) is 0 Å². The van der Waals surface area contributed by atoms with Crippen LogP contribution in [0.2, 0.25) is 0 Å². The van der Waals surface area contributed by atoms with Gasteiger partial charge in [-0.2, -0.15) is 5.26 Å². The first-order chi connectivity index (χ1) is 28.2. The molecule has 5 nitrogen and oxygen atoms in total. The van der Waals surface area contributed by atoms with Gasteiger partial charge >= 0.3 is 0 Å². The second-order valence-electron chi connectivity index (χ2n) is 13.9. The molecule has 266 valence electrons. The van der Waals surface area contributed by atoms with Crippen LogP contribution in [-0.2, 0) is 0 Å². The molecule has 0 saturated carbocycles. The van der Waals surface area contributed by atoms with Crippen molar-refractivity contribution in [3.8, 4) is 84.7 Å². The number of aromatic nitrogens is 3. The molecule has 0 atom stereocenters. The Labute approximate surface area is 329 Å². The summed E-state index contributed by atoms with van der Waals surface area (Å²) in [6.07, 6.45) is 0. The first-order valence-corrected chi connectivity index (χ1v) is 18.8. The predicted octanol–water partition coefficient (Wildman–Crippen LogP) is 13.3. The Morgan fingerprint density at radius 2 is 0.825 bits per heavy atom. The van der Waals surface area contributed by atoms with Gasteiger partial charge < -0.3 is 4.42 Å². The van der Waals surface area contributed by atoms with Crippen LogP contribution in [-0.4, -0.2) is 15.0 Å². The molecule has 0 aliphatic carbocycles. The number of furan rings is 1. The van der Waals surface area contributed by atoms with Gasteiger partial charge in [0.1, 0.15) is 11.2 Å². The third-order valence-corrected chi connectivity index (χ3v) is 10.4. The lowest BCUT2D eigenvalue weighted by Crippen LogP contribution is -2.00. The zero-order valence-corrected chi connectivity index (χ0v) is 30.7. The van der Waals surface area contributed by atoms with Crippen LogP contribution >= 0.6 is 0 Å². The van der Waals surface area contributed by atoms with E-state index < -0.39 is 0 Å². The standard InChI is InChI=1S/C52H32N4O/c53-33-43-17-7-8-24-44(43)39-21-11-23-41(31-39)51-54-50(35-15-5-2-6-16-35)55-52(56-51)42-27-28-46-48(32-42)57-47-26-12-25-45(49(46)47)40-22-10-20-38(30-40)37-19-9-18-36(29-37)34-13-3-1-4-14-34/h1-32H. The lowest BCUT2D eigenvalue weighted by Gasteiger charge is -2.10. The lowest BCUT2D eigenvalue weighted by molar-refractivity contribution is 0.669. The normalized spacial score (nSPS) is 11.1. The van der Waals surface area contributed by atoms with Gasteiger partial charge in [0, 0.05) is 27.5 Å². The summed E-state index contributed by atoms with van der Waals surface area (Å²) < 4.78 is 6.58. The second kappa shape index (κ2) is 14.4. The van der Waals surface area contributed by atoms with Crippen molar-refractivity contribution in [1.82, 2.24) is 15.0 Å². The molecule has 2 heterocycles. The molecule has 0 saturated heterocycles. The highest BCUT2D eigenvalue weighted by atomic mass is 16.3. The maximum atomic E-state index is 9.79. The van der Waals surface area contributed by atoms with Gasteiger partial charge in [0.2, 0.25) is 0 Å². The van der Waals surface area contributed by atoms with Crippen LogP contribution in [0.15, 0.2) is 199 Å². The fourth-order valence-electron chi connectivity index (χ4n) is 7.59. The Hall–Kier alpha value is -7.94. The molecule has 0 spiro atoms. The summed E-state index contributed by atoms with van der Waals surface area (Å²) in [4.78, 5) is 15.0. The number of hydrogen-bond acceptors (Lipinski definition) is 5. The Morgan fingerprint density at radius 3 is 1.53 bits per heavy atom. The summed E-state index contributed by atoms with van der Waals surface area (Å²) in [7, 11) is 0. The maximum absolute atomic E-state index is 9.79. The van der Waals surface area contributed by atoms with Crippen molar-refractivity contribution in [2.24, 2.45) is 0 Å². The van der Waals surface area contributed by atoms with Gasteiger partial charge in [-0.25, -0.2) is 15.0 Å².